The van der Waals surface area contributed by atoms with E-state index in [2.05, 4.69) is 35.3 Å². The van der Waals surface area contributed by atoms with Gasteiger partial charge in [0.1, 0.15) is 0 Å². The van der Waals surface area contributed by atoms with E-state index in [4.69, 9.17) is 0 Å². The fraction of sp³-hybridized carbons (Fsp3) is 0.200. The molecule has 0 atom stereocenters. The van der Waals surface area contributed by atoms with Crippen LogP contribution in [0.3, 0.4) is 0 Å². The number of hydrogen-bond acceptors (Lipinski definition) is 2. The zero-order valence-electron chi connectivity index (χ0n) is 6.66. The average Bonchev–Trinajstić information content (AvgIpc) is 2.52. The zero-order valence-corrected chi connectivity index (χ0v) is 7.47. The lowest BCUT2D eigenvalue weighted by molar-refractivity contribution is 0.998. The van der Waals surface area contributed by atoms with Crippen molar-refractivity contribution < 1.29 is 0 Å². The number of nitrogens with zero attached hydrogens (tertiary/aromatic N) is 1. The predicted octanol–water partition coefficient (Wildman–Crippen LogP) is 2.58. The van der Waals surface area contributed by atoms with Crippen molar-refractivity contribution in [2.75, 3.05) is 17.3 Å². The van der Waals surface area contributed by atoms with Crippen molar-refractivity contribution in [3.63, 3.8) is 0 Å². The van der Waals surface area contributed by atoms with Crippen molar-refractivity contribution in [2.45, 2.75) is 4.90 Å². The fourth-order valence-electron chi connectivity index (χ4n) is 1.79. The van der Waals surface area contributed by atoms with Gasteiger partial charge in [-0.3, -0.25) is 0 Å². The third-order valence-corrected chi connectivity index (χ3v) is 3.43. The summed E-state index contributed by atoms with van der Waals surface area (Å²) in [5, 5.41) is 0. The van der Waals surface area contributed by atoms with Gasteiger partial charge < -0.3 is 4.90 Å². The number of thioether (sulfide) groups is 1. The standard InChI is InChI=1S/C10H9NS/c1-3-8-4-2-6-11-7-12-9(5-1)10(8)11/h1-5H,6-7H2. The van der Waals surface area contributed by atoms with Gasteiger partial charge in [-0.15, -0.1) is 11.8 Å². The molecule has 0 amide bonds. The molecule has 0 saturated heterocycles. The Morgan fingerprint density at radius 1 is 1.33 bits per heavy atom. The quantitative estimate of drug-likeness (QED) is 0.596. The van der Waals surface area contributed by atoms with Gasteiger partial charge in [0.2, 0.25) is 0 Å². The molecule has 1 aromatic carbocycles. The highest BCUT2D eigenvalue weighted by Crippen LogP contribution is 2.42. The van der Waals surface area contributed by atoms with E-state index in [-0.39, 0.29) is 0 Å². The van der Waals surface area contributed by atoms with Crippen LogP contribution in [0.4, 0.5) is 5.69 Å². The van der Waals surface area contributed by atoms with E-state index in [1.165, 1.54) is 16.1 Å². The maximum Gasteiger partial charge on any atom is 0.0690 e. The average molecular weight is 175 g/mol. The predicted molar refractivity (Wildman–Crippen MR) is 53.5 cm³/mol. The summed E-state index contributed by atoms with van der Waals surface area (Å²) >= 11 is 1.94. The summed E-state index contributed by atoms with van der Waals surface area (Å²) in [6.45, 7) is 1.08. The summed E-state index contributed by atoms with van der Waals surface area (Å²) < 4.78 is 0. The van der Waals surface area contributed by atoms with Gasteiger partial charge in [0.05, 0.1) is 11.6 Å². The highest BCUT2D eigenvalue weighted by Gasteiger charge is 2.22. The molecule has 0 spiro atoms. The first-order chi connectivity index (χ1) is 5.95. The Labute approximate surface area is 76.1 Å². The Morgan fingerprint density at radius 2 is 2.33 bits per heavy atom. The topological polar surface area (TPSA) is 3.24 Å². The largest absolute Gasteiger partial charge is 0.357 e. The molecule has 0 unspecified atom stereocenters. The molecule has 0 aliphatic carbocycles. The van der Waals surface area contributed by atoms with Crippen LogP contribution in [0.25, 0.3) is 6.08 Å². The third kappa shape index (κ3) is 0.758. The summed E-state index contributed by atoms with van der Waals surface area (Å²) in [7, 11) is 0. The minimum absolute atomic E-state index is 1.08. The number of rotatable bonds is 0. The van der Waals surface area contributed by atoms with Crippen LogP contribution in [-0.4, -0.2) is 12.4 Å². The minimum atomic E-state index is 1.08. The van der Waals surface area contributed by atoms with Gasteiger partial charge in [-0.2, -0.15) is 0 Å². The van der Waals surface area contributed by atoms with E-state index in [1.807, 2.05) is 11.8 Å². The monoisotopic (exact) mass is 175 g/mol. The maximum atomic E-state index is 2.43. The van der Waals surface area contributed by atoms with Gasteiger partial charge in [0, 0.05) is 11.4 Å². The molecular weight excluding hydrogens is 166 g/mol. The van der Waals surface area contributed by atoms with E-state index in [0.717, 1.165) is 12.4 Å². The summed E-state index contributed by atoms with van der Waals surface area (Å²) in [6, 6.07) is 6.54. The number of benzene rings is 1. The van der Waals surface area contributed by atoms with Gasteiger partial charge in [-0.05, 0) is 11.6 Å². The highest BCUT2D eigenvalue weighted by atomic mass is 32.2. The molecule has 60 valence electrons. The molecule has 2 aliphatic rings. The smallest absolute Gasteiger partial charge is 0.0690 e. The lowest BCUT2D eigenvalue weighted by Gasteiger charge is -2.21. The summed E-state index contributed by atoms with van der Waals surface area (Å²) in [5.41, 5.74) is 2.83. The van der Waals surface area contributed by atoms with Gasteiger partial charge in [-0.25, -0.2) is 0 Å². The Bertz CT molecular complexity index is 357. The maximum absolute atomic E-state index is 2.43. The van der Waals surface area contributed by atoms with Crippen molar-refractivity contribution in [3.8, 4) is 0 Å². The SMILES string of the molecule is C1=Cc2cccc3c2N(C1)CS3. The van der Waals surface area contributed by atoms with Crippen LogP contribution in [0.5, 0.6) is 0 Å². The molecule has 1 nitrogen and oxygen atoms in total. The second-order valence-electron chi connectivity index (χ2n) is 3.09. The van der Waals surface area contributed by atoms with E-state index >= 15 is 0 Å². The first-order valence-corrected chi connectivity index (χ1v) is 5.11. The van der Waals surface area contributed by atoms with E-state index in [1.54, 1.807) is 0 Å². The Hall–Kier alpha value is -0.890. The zero-order chi connectivity index (χ0) is 7.97. The lowest BCUT2D eigenvalue weighted by atomic mass is 10.1. The first kappa shape index (κ1) is 6.61. The van der Waals surface area contributed by atoms with Crippen LogP contribution < -0.4 is 4.90 Å². The summed E-state index contributed by atoms with van der Waals surface area (Å²) in [5.74, 6) is 1.12. The van der Waals surface area contributed by atoms with Gasteiger partial charge in [0.25, 0.3) is 0 Å². The van der Waals surface area contributed by atoms with Crippen molar-refractivity contribution in [2.24, 2.45) is 0 Å². The second-order valence-corrected chi connectivity index (χ2v) is 4.08. The molecule has 3 rings (SSSR count). The lowest BCUT2D eigenvalue weighted by Crippen LogP contribution is -2.21. The molecule has 0 radical (unpaired) electrons. The summed E-state index contributed by atoms with van der Waals surface area (Å²) in [4.78, 5) is 3.87. The first-order valence-electron chi connectivity index (χ1n) is 4.12. The second kappa shape index (κ2) is 2.30. The van der Waals surface area contributed by atoms with Gasteiger partial charge >= 0.3 is 0 Å². The van der Waals surface area contributed by atoms with E-state index in [9.17, 15) is 0 Å². The van der Waals surface area contributed by atoms with Crippen LogP contribution in [0, 0.1) is 0 Å². The van der Waals surface area contributed by atoms with E-state index in [0.29, 0.717) is 0 Å². The van der Waals surface area contributed by atoms with Crippen LogP contribution in [0.15, 0.2) is 29.2 Å². The minimum Gasteiger partial charge on any atom is -0.357 e. The van der Waals surface area contributed by atoms with Crippen molar-refractivity contribution in [3.05, 3.63) is 29.8 Å². The fourth-order valence-corrected chi connectivity index (χ4v) is 2.88. The molecular formula is C10H9NS. The molecule has 0 N–H and O–H groups in total. The Kier molecular flexibility index (Phi) is 1.27. The van der Waals surface area contributed by atoms with E-state index < -0.39 is 0 Å². The Morgan fingerprint density at radius 3 is 3.33 bits per heavy atom. The van der Waals surface area contributed by atoms with Crippen LogP contribution >= 0.6 is 11.8 Å². The molecule has 0 bridgehead atoms. The van der Waals surface area contributed by atoms with Gasteiger partial charge in [-0.1, -0.05) is 24.3 Å². The van der Waals surface area contributed by atoms with Crippen molar-refractivity contribution in [1.82, 2.24) is 0 Å². The molecule has 2 heteroatoms. The normalized spacial score (nSPS) is 18.2. The number of hydrogen-bond donors (Lipinski definition) is 0. The molecule has 0 fully saturated rings. The highest BCUT2D eigenvalue weighted by molar-refractivity contribution is 7.99. The molecule has 12 heavy (non-hydrogen) atoms. The molecule has 2 heterocycles. The van der Waals surface area contributed by atoms with Crippen LogP contribution in [-0.2, 0) is 0 Å². The van der Waals surface area contributed by atoms with Crippen LogP contribution in [0.2, 0.25) is 0 Å². The summed E-state index contributed by atoms with van der Waals surface area (Å²) in [6.07, 6.45) is 4.46. The van der Waals surface area contributed by atoms with Gasteiger partial charge in [0.15, 0.2) is 0 Å². The van der Waals surface area contributed by atoms with Crippen LogP contribution in [0.1, 0.15) is 5.56 Å². The molecule has 0 aromatic heterocycles. The molecule has 0 saturated carbocycles. The number of anilines is 1. The molecule has 2 aliphatic heterocycles. The number of para-hydroxylation sites is 1. The van der Waals surface area contributed by atoms with Crippen molar-refractivity contribution in [1.29, 1.82) is 0 Å². The Balaban J connectivity index is 2.30. The third-order valence-electron chi connectivity index (χ3n) is 2.35. The molecule has 1 aromatic rings. The van der Waals surface area contributed by atoms with Crippen molar-refractivity contribution >= 4 is 23.5 Å².